The second-order valence-electron chi connectivity index (χ2n) is 3.43. The molecule has 0 aliphatic carbocycles. The summed E-state index contributed by atoms with van der Waals surface area (Å²) in [5, 5.41) is 0. The summed E-state index contributed by atoms with van der Waals surface area (Å²) in [6.45, 7) is 0. The Morgan fingerprint density at radius 2 is 1.94 bits per heavy atom. The van der Waals surface area contributed by atoms with E-state index < -0.39 is 9.84 Å². The Morgan fingerprint density at radius 3 is 2.50 bits per heavy atom. The lowest BCUT2D eigenvalue weighted by molar-refractivity contribution is 0.0988. The first kappa shape index (κ1) is 13.9. The van der Waals surface area contributed by atoms with Gasteiger partial charge in [-0.05, 0) is 18.2 Å². The molecule has 0 aliphatic heterocycles. The number of Topliss-reactive ketones (excluding diaryl/α,β-unsaturated/α-hetero) is 1. The third kappa shape index (κ3) is 4.35. The van der Waals surface area contributed by atoms with E-state index in [1.54, 1.807) is 18.2 Å². The minimum atomic E-state index is -3.10. The summed E-state index contributed by atoms with van der Waals surface area (Å²) in [5.74, 6) is -0.302. The third-order valence-corrected chi connectivity index (χ3v) is 4.06. The molecule has 16 heavy (non-hydrogen) atoms. The van der Waals surface area contributed by atoms with E-state index in [2.05, 4.69) is 31.9 Å². The Labute approximate surface area is 111 Å². The minimum absolute atomic E-state index is 0.00782. The fraction of sp³-hybridized carbons (Fsp3) is 0.300. The summed E-state index contributed by atoms with van der Waals surface area (Å²) < 4.78 is 23.4. The van der Waals surface area contributed by atoms with Gasteiger partial charge in [-0.1, -0.05) is 31.9 Å². The maximum absolute atomic E-state index is 11.7. The van der Waals surface area contributed by atoms with E-state index in [0.29, 0.717) is 10.0 Å². The lowest BCUT2D eigenvalue weighted by atomic mass is 10.1. The van der Waals surface area contributed by atoms with Crippen LogP contribution in [0.15, 0.2) is 27.1 Å². The van der Waals surface area contributed by atoms with Gasteiger partial charge in [-0.2, -0.15) is 0 Å². The average Bonchev–Trinajstić information content (AvgIpc) is 2.17. The van der Waals surface area contributed by atoms with E-state index in [1.807, 2.05) is 0 Å². The number of hydrogen-bond donors (Lipinski definition) is 0. The molecule has 1 aromatic rings. The molecule has 88 valence electrons. The molecular formula is C10H10Br2O3S. The molecule has 0 fully saturated rings. The van der Waals surface area contributed by atoms with Crippen molar-refractivity contribution in [2.75, 3.05) is 12.0 Å². The first-order valence-electron chi connectivity index (χ1n) is 4.45. The van der Waals surface area contributed by atoms with Crippen molar-refractivity contribution in [3.05, 3.63) is 32.7 Å². The predicted molar refractivity (Wildman–Crippen MR) is 70.5 cm³/mol. The minimum Gasteiger partial charge on any atom is -0.294 e. The Morgan fingerprint density at radius 1 is 1.31 bits per heavy atom. The number of carbonyl (C=O) groups excluding carboxylic acids is 1. The summed E-state index contributed by atoms with van der Waals surface area (Å²) >= 11 is 6.52. The zero-order chi connectivity index (χ0) is 12.3. The van der Waals surface area contributed by atoms with Crippen molar-refractivity contribution in [1.82, 2.24) is 0 Å². The Balaban J connectivity index is 2.85. The number of hydrogen-bond acceptors (Lipinski definition) is 3. The van der Waals surface area contributed by atoms with Gasteiger partial charge in [0.05, 0.1) is 5.75 Å². The van der Waals surface area contributed by atoms with Gasteiger partial charge in [-0.3, -0.25) is 4.79 Å². The molecule has 0 atom stereocenters. The fourth-order valence-corrected chi connectivity index (χ4v) is 2.51. The molecule has 0 heterocycles. The first-order chi connectivity index (χ1) is 7.29. The zero-order valence-corrected chi connectivity index (χ0v) is 12.5. The highest BCUT2D eigenvalue weighted by molar-refractivity contribution is 9.11. The molecule has 0 saturated heterocycles. The van der Waals surface area contributed by atoms with Crippen LogP contribution >= 0.6 is 31.9 Å². The van der Waals surface area contributed by atoms with Crippen molar-refractivity contribution < 1.29 is 13.2 Å². The standard InChI is InChI=1S/C10H10Br2O3S/c1-16(14,15)5-4-10(13)8-6-7(11)2-3-9(8)12/h2-3,6H,4-5H2,1H3. The second kappa shape index (κ2) is 5.42. The van der Waals surface area contributed by atoms with Crippen LogP contribution in [-0.2, 0) is 9.84 Å². The van der Waals surface area contributed by atoms with Crippen LogP contribution in [0.3, 0.4) is 0 Å². The van der Waals surface area contributed by atoms with Crippen molar-refractivity contribution >= 4 is 47.5 Å². The molecule has 1 aromatic carbocycles. The number of sulfone groups is 1. The Kier molecular flexibility index (Phi) is 4.70. The quantitative estimate of drug-likeness (QED) is 0.767. The van der Waals surface area contributed by atoms with Crippen LogP contribution in [0.1, 0.15) is 16.8 Å². The number of carbonyl (C=O) groups is 1. The van der Waals surface area contributed by atoms with E-state index >= 15 is 0 Å². The van der Waals surface area contributed by atoms with Gasteiger partial charge < -0.3 is 0 Å². The van der Waals surface area contributed by atoms with Crippen molar-refractivity contribution in [2.45, 2.75) is 6.42 Å². The number of rotatable bonds is 4. The van der Waals surface area contributed by atoms with Gasteiger partial charge in [0.1, 0.15) is 9.84 Å². The maximum atomic E-state index is 11.7. The van der Waals surface area contributed by atoms with Crippen LogP contribution in [0.5, 0.6) is 0 Å². The summed E-state index contributed by atoms with van der Waals surface area (Å²) in [6, 6.07) is 5.23. The van der Waals surface area contributed by atoms with Crippen LogP contribution in [-0.4, -0.2) is 26.2 Å². The highest BCUT2D eigenvalue weighted by Crippen LogP contribution is 2.22. The molecule has 0 unspecified atom stereocenters. The monoisotopic (exact) mass is 368 g/mol. The highest BCUT2D eigenvalue weighted by Gasteiger charge is 2.13. The molecule has 0 spiro atoms. The molecule has 0 amide bonds. The van der Waals surface area contributed by atoms with E-state index in [1.165, 1.54) is 0 Å². The van der Waals surface area contributed by atoms with Gasteiger partial charge >= 0.3 is 0 Å². The maximum Gasteiger partial charge on any atom is 0.165 e. The molecule has 0 bridgehead atoms. The summed E-state index contributed by atoms with van der Waals surface area (Å²) in [5.41, 5.74) is 0.498. The summed E-state index contributed by atoms with van der Waals surface area (Å²) in [7, 11) is -3.10. The van der Waals surface area contributed by atoms with Crippen LogP contribution in [0.2, 0.25) is 0 Å². The van der Waals surface area contributed by atoms with Crippen molar-refractivity contribution in [3.63, 3.8) is 0 Å². The van der Waals surface area contributed by atoms with E-state index in [0.717, 1.165) is 10.7 Å². The van der Waals surface area contributed by atoms with Gasteiger partial charge in [0.15, 0.2) is 5.78 Å². The van der Waals surface area contributed by atoms with Crippen LogP contribution < -0.4 is 0 Å². The number of benzene rings is 1. The van der Waals surface area contributed by atoms with E-state index in [4.69, 9.17) is 0 Å². The molecule has 0 aromatic heterocycles. The number of ketones is 1. The Bertz CT molecular complexity index is 509. The lowest BCUT2D eigenvalue weighted by Gasteiger charge is -2.03. The van der Waals surface area contributed by atoms with E-state index in [9.17, 15) is 13.2 Å². The largest absolute Gasteiger partial charge is 0.294 e. The van der Waals surface area contributed by atoms with Crippen molar-refractivity contribution in [3.8, 4) is 0 Å². The van der Waals surface area contributed by atoms with Gasteiger partial charge in [0, 0.05) is 27.2 Å². The molecular weight excluding hydrogens is 360 g/mol. The summed E-state index contributed by atoms with van der Waals surface area (Å²) in [4.78, 5) is 11.7. The number of halogens is 2. The molecule has 3 nitrogen and oxygen atoms in total. The highest BCUT2D eigenvalue weighted by atomic mass is 79.9. The molecule has 6 heteroatoms. The summed E-state index contributed by atoms with van der Waals surface area (Å²) in [6.07, 6.45) is 1.13. The molecule has 0 saturated carbocycles. The van der Waals surface area contributed by atoms with Gasteiger partial charge in [0.25, 0.3) is 0 Å². The van der Waals surface area contributed by atoms with Crippen LogP contribution in [0.4, 0.5) is 0 Å². The fourth-order valence-electron chi connectivity index (χ4n) is 1.12. The molecule has 0 aliphatic rings. The zero-order valence-electron chi connectivity index (χ0n) is 8.54. The molecule has 1 rings (SSSR count). The SMILES string of the molecule is CS(=O)(=O)CCC(=O)c1cc(Br)ccc1Br. The van der Waals surface area contributed by atoms with Gasteiger partial charge in [-0.15, -0.1) is 0 Å². The smallest absolute Gasteiger partial charge is 0.165 e. The van der Waals surface area contributed by atoms with Gasteiger partial charge in [-0.25, -0.2) is 8.42 Å². The van der Waals surface area contributed by atoms with Crippen molar-refractivity contribution in [2.24, 2.45) is 0 Å². The van der Waals surface area contributed by atoms with Gasteiger partial charge in [0.2, 0.25) is 0 Å². The topological polar surface area (TPSA) is 51.2 Å². The normalized spacial score (nSPS) is 11.4. The van der Waals surface area contributed by atoms with Crippen LogP contribution in [0, 0.1) is 0 Å². The Hall–Kier alpha value is -0.200. The first-order valence-corrected chi connectivity index (χ1v) is 8.10. The van der Waals surface area contributed by atoms with Crippen molar-refractivity contribution in [1.29, 1.82) is 0 Å². The average molecular weight is 370 g/mol. The van der Waals surface area contributed by atoms with Crippen LogP contribution in [0.25, 0.3) is 0 Å². The third-order valence-electron chi connectivity index (χ3n) is 1.93. The molecule has 0 radical (unpaired) electrons. The second-order valence-corrected chi connectivity index (χ2v) is 7.46. The van der Waals surface area contributed by atoms with E-state index in [-0.39, 0.29) is 18.0 Å². The molecule has 0 N–H and O–H groups in total. The lowest BCUT2D eigenvalue weighted by Crippen LogP contribution is -2.10. The predicted octanol–water partition coefficient (Wildman–Crippen LogP) is 2.83.